The Morgan fingerprint density at radius 1 is 1.15 bits per heavy atom. The van der Waals surface area contributed by atoms with Gasteiger partial charge >= 0.3 is 0 Å². The third-order valence-electron chi connectivity index (χ3n) is 4.84. The molecule has 0 unspecified atom stereocenters. The van der Waals surface area contributed by atoms with Gasteiger partial charge in [0.2, 0.25) is 15.9 Å². The maximum Gasteiger partial charge on any atom is 0.243 e. The molecule has 1 amide bonds. The Bertz CT molecular complexity index is 913. The first-order valence-corrected chi connectivity index (χ1v) is 10.5. The summed E-state index contributed by atoms with van der Waals surface area (Å²) < 4.78 is 27.8. The molecule has 0 spiro atoms. The number of rotatable bonds is 7. The van der Waals surface area contributed by atoms with E-state index in [0.717, 1.165) is 17.5 Å². The Hall–Kier alpha value is -2.22. The summed E-state index contributed by atoms with van der Waals surface area (Å²) in [5.74, 6) is -0.0776. The van der Waals surface area contributed by atoms with Gasteiger partial charge in [0.05, 0.1) is 4.90 Å². The molecule has 0 aliphatic carbocycles. The second kappa shape index (κ2) is 8.21. The summed E-state index contributed by atoms with van der Waals surface area (Å²) >= 11 is 0. The highest BCUT2D eigenvalue weighted by Gasteiger charge is 2.28. The highest BCUT2D eigenvalue weighted by Crippen LogP contribution is 2.31. The topological polar surface area (TPSA) is 83.7 Å². The molecule has 1 aliphatic heterocycles. The van der Waals surface area contributed by atoms with Crippen molar-refractivity contribution in [1.29, 1.82) is 0 Å². The molecule has 0 aromatic heterocycles. The van der Waals surface area contributed by atoms with Gasteiger partial charge in [0.25, 0.3) is 0 Å². The van der Waals surface area contributed by atoms with Gasteiger partial charge in [-0.1, -0.05) is 36.4 Å². The molecule has 1 heterocycles. The Morgan fingerprint density at radius 2 is 1.89 bits per heavy atom. The molecule has 0 bridgehead atoms. The number of anilines is 1. The molecule has 1 aliphatic rings. The molecule has 2 N–H and O–H groups in total. The number of sulfonamides is 1. The van der Waals surface area contributed by atoms with Crippen molar-refractivity contribution in [1.82, 2.24) is 4.31 Å². The summed E-state index contributed by atoms with van der Waals surface area (Å²) in [7, 11) is -3.69. The second-order valence-electron chi connectivity index (χ2n) is 6.64. The van der Waals surface area contributed by atoms with E-state index in [1.165, 1.54) is 11.2 Å². The largest absolute Gasteiger partial charge is 0.329 e. The normalized spacial score (nSPS) is 13.8. The lowest BCUT2D eigenvalue weighted by atomic mass is 10.1. The van der Waals surface area contributed by atoms with E-state index in [1.54, 1.807) is 17.0 Å². The summed E-state index contributed by atoms with van der Waals surface area (Å²) in [6, 6.07) is 14.8. The van der Waals surface area contributed by atoms with Gasteiger partial charge in [0.1, 0.15) is 0 Å². The van der Waals surface area contributed by atoms with Gasteiger partial charge in [-0.05, 0) is 36.1 Å². The lowest BCUT2D eigenvalue weighted by molar-refractivity contribution is -0.116. The third-order valence-corrected chi connectivity index (χ3v) is 6.74. The zero-order valence-corrected chi connectivity index (χ0v) is 16.3. The fourth-order valence-corrected chi connectivity index (χ4v) is 4.87. The number of nitrogens with zero attached hydrogens (tertiary/aromatic N) is 2. The highest BCUT2D eigenvalue weighted by molar-refractivity contribution is 7.89. The van der Waals surface area contributed by atoms with Crippen molar-refractivity contribution in [2.75, 3.05) is 31.1 Å². The first kappa shape index (κ1) is 19.5. The summed E-state index contributed by atoms with van der Waals surface area (Å²) in [5, 5.41) is 0. The number of nitrogens with two attached hydrogens (primary N) is 1. The van der Waals surface area contributed by atoms with Crippen molar-refractivity contribution in [2.24, 2.45) is 5.73 Å². The number of fused-ring (bicyclic) bond motifs is 1. The fourth-order valence-electron chi connectivity index (χ4n) is 3.39. The van der Waals surface area contributed by atoms with Crippen LogP contribution >= 0.6 is 0 Å². The number of benzene rings is 2. The van der Waals surface area contributed by atoms with Crippen LogP contribution in [0.1, 0.15) is 18.1 Å². The quantitative estimate of drug-likeness (QED) is 0.785. The monoisotopic (exact) mass is 387 g/mol. The van der Waals surface area contributed by atoms with E-state index in [0.29, 0.717) is 25.2 Å². The molecule has 0 radical (unpaired) electrons. The Morgan fingerprint density at radius 3 is 2.56 bits per heavy atom. The van der Waals surface area contributed by atoms with E-state index in [1.807, 2.05) is 36.4 Å². The average Bonchev–Trinajstić information content (AvgIpc) is 3.09. The smallest absolute Gasteiger partial charge is 0.243 e. The molecule has 0 fully saturated rings. The van der Waals surface area contributed by atoms with Crippen LogP contribution in [-0.4, -0.2) is 44.8 Å². The van der Waals surface area contributed by atoms with Crippen LogP contribution in [0.25, 0.3) is 0 Å². The highest BCUT2D eigenvalue weighted by atomic mass is 32.2. The van der Waals surface area contributed by atoms with Gasteiger partial charge in [-0.3, -0.25) is 4.79 Å². The van der Waals surface area contributed by atoms with Crippen molar-refractivity contribution in [2.45, 2.75) is 24.7 Å². The average molecular weight is 388 g/mol. The van der Waals surface area contributed by atoms with Crippen LogP contribution in [0.3, 0.4) is 0 Å². The Kier molecular flexibility index (Phi) is 5.94. The van der Waals surface area contributed by atoms with E-state index in [-0.39, 0.29) is 23.9 Å². The molecule has 0 atom stereocenters. The maximum atomic E-state index is 13.2. The van der Waals surface area contributed by atoms with Crippen molar-refractivity contribution >= 4 is 21.6 Å². The minimum absolute atomic E-state index is 0.0776. The van der Waals surface area contributed by atoms with E-state index in [9.17, 15) is 13.2 Å². The second-order valence-corrected chi connectivity index (χ2v) is 8.58. The van der Waals surface area contributed by atoms with Crippen molar-refractivity contribution < 1.29 is 13.2 Å². The van der Waals surface area contributed by atoms with Gasteiger partial charge in [-0.15, -0.1) is 0 Å². The first-order valence-electron chi connectivity index (χ1n) is 9.08. The van der Waals surface area contributed by atoms with Crippen molar-refractivity contribution in [3.8, 4) is 0 Å². The first-order chi connectivity index (χ1) is 12.9. The Labute approximate surface area is 160 Å². The number of carbonyl (C=O) groups excluding carboxylic acids is 1. The zero-order valence-electron chi connectivity index (χ0n) is 15.5. The Balaban J connectivity index is 1.86. The van der Waals surface area contributed by atoms with Crippen LogP contribution < -0.4 is 10.6 Å². The maximum absolute atomic E-state index is 13.2. The molecular weight excluding hydrogens is 362 g/mol. The molecule has 0 saturated heterocycles. The van der Waals surface area contributed by atoms with E-state index in [4.69, 9.17) is 5.73 Å². The summed E-state index contributed by atoms with van der Waals surface area (Å²) in [4.78, 5) is 13.7. The van der Waals surface area contributed by atoms with Gasteiger partial charge in [-0.2, -0.15) is 4.31 Å². The lowest BCUT2D eigenvalue weighted by Gasteiger charge is -2.23. The van der Waals surface area contributed by atoms with Crippen LogP contribution in [0.5, 0.6) is 0 Å². The van der Waals surface area contributed by atoms with Crippen LogP contribution in [-0.2, 0) is 27.7 Å². The van der Waals surface area contributed by atoms with Crippen molar-refractivity contribution in [3.05, 3.63) is 59.7 Å². The predicted octanol–water partition coefficient (Wildman–Crippen LogP) is 1.79. The number of hydrogen-bond donors (Lipinski definition) is 1. The summed E-state index contributed by atoms with van der Waals surface area (Å²) in [5.41, 5.74) is 8.43. The van der Waals surface area contributed by atoms with E-state index < -0.39 is 10.0 Å². The molecule has 6 nitrogen and oxygen atoms in total. The lowest BCUT2D eigenvalue weighted by Crippen LogP contribution is -2.37. The number of amides is 1. The third kappa shape index (κ3) is 4.21. The molecular formula is C20H25N3O3S. The molecule has 2 aromatic rings. The summed E-state index contributed by atoms with van der Waals surface area (Å²) in [6.45, 7) is 2.95. The standard InChI is InChI=1S/C20H25N3O3S/c1-16(24)23-13-10-18-7-8-19(15-20(18)23)27(25,26)22(14-11-21)12-9-17-5-3-2-4-6-17/h2-8,15H,9-14,21H2,1H3. The van der Waals surface area contributed by atoms with E-state index >= 15 is 0 Å². The number of carbonyl (C=O) groups is 1. The number of hydrogen-bond acceptors (Lipinski definition) is 4. The van der Waals surface area contributed by atoms with Crippen LogP contribution in [0.2, 0.25) is 0 Å². The van der Waals surface area contributed by atoms with Crippen molar-refractivity contribution in [3.63, 3.8) is 0 Å². The van der Waals surface area contributed by atoms with Gasteiger partial charge in [-0.25, -0.2) is 8.42 Å². The van der Waals surface area contributed by atoms with Crippen LogP contribution in [0, 0.1) is 0 Å². The zero-order chi connectivity index (χ0) is 19.4. The van der Waals surface area contributed by atoms with E-state index in [2.05, 4.69) is 0 Å². The van der Waals surface area contributed by atoms with Gasteiger partial charge in [0, 0.05) is 38.8 Å². The molecule has 3 rings (SSSR count). The minimum atomic E-state index is -3.69. The van der Waals surface area contributed by atoms with Crippen LogP contribution in [0.4, 0.5) is 5.69 Å². The molecule has 27 heavy (non-hydrogen) atoms. The van der Waals surface area contributed by atoms with Gasteiger partial charge in [0.15, 0.2) is 0 Å². The molecule has 144 valence electrons. The van der Waals surface area contributed by atoms with Crippen LogP contribution in [0.15, 0.2) is 53.4 Å². The molecule has 7 heteroatoms. The molecule has 0 saturated carbocycles. The predicted molar refractivity (Wildman–Crippen MR) is 106 cm³/mol. The summed E-state index contributed by atoms with van der Waals surface area (Å²) in [6.07, 6.45) is 1.36. The minimum Gasteiger partial charge on any atom is -0.329 e. The SMILES string of the molecule is CC(=O)N1CCc2ccc(S(=O)(=O)N(CCN)CCc3ccccc3)cc21. The molecule has 2 aromatic carbocycles. The van der Waals surface area contributed by atoms with Gasteiger partial charge < -0.3 is 10.6 Å². The fraction of sp³-hybridized carbons (Fsp3) is 0.350.